The van der Waals surface area contributed by atoms with Crippen LogP contribution >= 0.6 is 12.4 Å². The van der Waals surface area contributed by atoms with Crippen molar-refractivity contribution in [2.24, 2.45) is 11.1 Å². The number of nitrogens with zero attached hydrogens (tertiary/aromatic N) is 1. The highest BCUT2D eigenvalue weighted by Crippen LogP contribution is 2.37. The lowest BCUT2D eigenvalue weighted by atomic mass is 9.71. The number of halogens is 1. The number of nitrogens with one attached hydrogen (secondary N) is 1. The lowest BCUT2D eigenvalue weighted by Crippen LogP contribution is -2.62. The topological polar surface area (TPSA) is 105 Å². The van der Waals surface area contributed by atoms with Gasteiger partial charge in [0.05, 0.1) is 17.9 Å². The molecule has 4 N–H and O–H groups in total. The van der Waals surface area contributed by atoms with Crippen molar-refractivity contribution in [3.63, 3.8) is 0 Å². The molecule has 0 unspecified atom stereocenters. The maximum absolute atomic E-state index is 12.8. The zero-order chi connectivity index (χ0) is 18.6. The van der Waals surface area contributed by atoms with E-state index in [2.05, 4.69) is 5.32 Å². The summed E-state index contributed by atoms with van der Waals surface area (Å²) in [5.41, 5.74) is 5.44. The van der Waals surface area contributed by atoms with Crippen molar-refractivity contribution in [3.8, 4) is 5.75 Å². The Balaban J connectivity index is 0.00000261. The number of aliphatic hydroxyl groups excluding tert-OH is 1. The van der Waals surface area contributed by atoms with Crippen molar-refractivity contribution < 1.29 is 19.4 Å². The molecule has 0 bridgehead atoms. The van der Waals surface area contributed by atoms with Crippen molar-refractivity contribution >= 4 is 24.2 Å². The summed E-state index contributed by atoms with van der Waals surface area (Å²) in [6, 6.07) is 7.41. The summed E-state index contributed by atoms with van der Waals surface area (Å²) in [5, 5.41) is 13.3. The van der Waals surface area contributed by atoms with Gasteiger partial charge in [0.1, 0.15) is 12.4 Å². The van der Waals surface area contributed by atoms with Crippen molar-refractivity contribution in [2.45, 2.75) is 31.8 Å². The van der Waals surface area contributed by atoms with Gasteiger partial charge in [-0.2, -0.15) is 0 Å². The Hall–Kier alpha value is -1.83. The molecule has 27 heavy (non-hydrogen) atoms. The molecule has 2 aliphatic rings. The third-order valence-corrected chi connectivity index (χ3v) is 5.31. The maximum atomic E-state index is 12.8. The van der Waals surface area contributed by atoms with Gasteiger partial charge in [-0.15, -0.1) is 12.4 Å². The minimum atomic E-state index is -0.863. The summed E-state index contributed by atoms with van der Waals surface area (Å²) in [5.74, 6) is 0.523. The molecule has 1 aromatic carbocycles. The van der Waals surface area contributed by atoms with E-state index >= 15 is 0 Å². The Morgan fingerprint density at radius 1 is 1.44 bits per heavy atom. The van der Waals surface area contributed by atoms with E-state index in [0.717, 1.165) is 12.0 Å². The smallest absolute Gasteiger partial charge is 0.230 e. The van der Waals surface area contributed by atoms with Crippen LogP contribution in [0.3, 0.4) is 0 Å². The van der Waals surface area contributed by atoms with Gasteiger partial charge in [0.15, 0.2) is 0 Å². The Kier molecular flexibility index (Phi) is 7.47. The number of hydrogen-bond acceptors (Lipinski definition) is 5. The molecule has 2 amide bonds. The zero-order valence-electron chi connectivity index (χ0n) is 15.4. The van der Waals surface area contributed by atoms with Gasteiger partial charge in [-0.25, -0.2) is 0 Å². The minimum absolute atomic E-state index is 0. The van der Waals surface area contributed by atoms with Crippen molar-refractivity contribution in [3.05, 3.63) is 29.8 Å². The zero-order valence-corrected chi connectivity index (χ0v) is 16.2. The lowest BCUT2D eigenvalue weighted by molar-refractivity contribution is -0.154. The van der Waals surface area contributed by atoms with E-state index in [-0.39, 0.29) is 37.2 Å². The average molecular weight is 398 g/mol. The molecule has 0 aromatic heterocycles. The SMILES string of the molecule is Cl.NCCOc1cccc(CC(=O)N2CC[C@H](O)[C@@]3(CCCNC3=O)C2)c1. The van der Waals surface area contributed by atoms with Gasteiger partial charge < -0.3 is 25.8 Å². The normalized spacial score (nSPS) is 24.9. The summed E-state index contributed by atoms with van der Waals surface area (Å²) in [4.78, 5) is 26.9. The fraction of sp³-hybridized carbons (Fsp3) is 0.579. The second-order valence-corrected chi connectivity index (χ2v) is 7.10. The van der Waals surface area contributed by atoms with E-state index in [0.29, 0.717) is 44.8 Å². The van der Waals surface area contributed by atoms with Crippen molar-refractivity contribution in [2.75, 3.05) is 32.8 Å². The number of carbonyl (C=O) groups excluding carboxylic acids is 2. The van der Waals surface area contributed by atoms with Crippen molar-refractivity contribution in [1.29, 1.82) is 0 Å². The van der Waals surface area contributed by atoms with Crippen molar-refractivity contribution in [1.82, 2.24) is 10.2 Å². The fourth-order valence-electron chi connectivity index (χ4n) is 3.86. The number of hydrogen-bond donors (Lipinski definition) is 3. The fourth-order valence-corrected chi connectivity index (χ4v) is 3.86. The molecule has 3 rings (SSSR count). The molecule has 0 saturated carbocycles. The van der Waals surface area contributed by atoms with E-state index in [1.807, 2.05) is 24.3 Å². The highest BCUT2D eigenvalue weighted by Gasteiger charge is 2.50. The molecule has 2 fully saturated rings. The van der Waals surface area contributed by atoms with Crippen LogP contribution in [-0.2, 0) is 16.0 Å². The first-order chi connectivity index (χ1) is 12.5. The van der Waals surface area contributed by atoms with E-state index in [4.69, 9.17) is 10.5 Å². The number of ether oxygens (including phenoxy) is 1. The standard InChI is InChI=1S/C19H27N3O4.ClH/c20-7-10-26-15-4-1-3-14(11-15)12-17(24)22-9-5-16(23)19(13-22)6-2-8-21-18(19)25;/h1,3-4,11,16,23H,2,5-10,12-13,20H2,(H,21,25);1H/t16-,19+;/m0./s1. The van der Waals surface area contributed by atoms with Gasteiger partial charge >= 0.3 is 0 Å². The molecule has 150 valence electrons. The molecule has 7 nitrogen and oxygen atoms in total. The second-order valence-electron chi connectivity index (χ2n) is 7.10. The van der Waals surface area contributed by atoms with Gasteiger partial charge in [0.2, 0.25) is 11.8 Å². The van der Waals surface area contributed by atoms with Gasteiger partial charge in [0, 0.05) is 26.2 Å². The molecule has 2 aliphatic heterocycles. The number of nitrogens with two attached hydrogens (primary N) is 1. The third kappa shape index (κ3) is 4.72. The summed E-state index contributed by atoms with van der Waals surface area (Å²) in [6.07, 6.45) is 1.42. The van der Waals surface area contributed by atoms with Crippen LogP contribution < -0.4 is 15.8 Å². The predicted octanol–water partition coefficient (Wildman–Crippen LogP) is 0.478. The molecule has 2 heterocycles. The molecule has 0 radical (unpaired) electrons. The van der Waals surface area contributed by atoms with Gasteiger partial charge in [0.25, 0.3) is 0 Å². The first-order valence-electron chi connectivity index (χ1n) is 9.21. The lowest BCUT2D eigenvalue weighted by Gasteiger charge is -2.46. The summed E-state index contributed by atoms with van der Waals surface area (Å²) in [7, 11) is 0. The highest BCUT2D eigenvalue weighted by molar-refractivity contribution is 5.86. The van der Waals surface area contributed by atoms with E-state index < -0.39 is 11.5 Å². The Bertz CT molecular complexity index is 672. The molecular weight excluding hydrogens is 370 g/mol. The highest BCUT2D eigenvalue weighted by atomic mass is 35.5. The van der Waals surface area contributed by atoms with Crippen LogP contribution in [0.4, 0.5) is 0 Å². The van der Waals surface area contributed by atoms with Crippen LogP contribution in [0.25, 0.3) is 0 Å². The largest absolute Gasteiger partial charge is 0.492 e. The van der Waals surface area contributed by atoms with Crippen LogP contribution in [0.1, 0.15) is 24.8 Å². The first kappa shape index (κ1) is 21.5. The van der Waals surface area contributed by atoms with E-state index in [9.17, 15) is 14.7 Å². The van der Waals surface area contributed by atoms with Crippen LogP contribution in [-0.4, -0.2) is 60.7 Å². The number of aliphatic hydroxyl groups is 1. The minimum Gasteiger partial charge on any atom is -0.492 e. The number of likely N-dealkylation sites (tertiary alicyclic amines) is 1. The van der Waals surface area contributed by atoms with Gasteiger partial charge in [-0.05, 0) is 37.0 Å². The van der Waals surface area contributed by atoms with Gasteiger partial charge in [-0.3, -0.25) is 9.59 Å². The van der Waals surface area contributed by atoms with E-state index in [1.54, 1.807) is 4.90 Å². The molecule has 2 saturated heterocycles. The Morgan fingerprint density at radius 3 is 3.00 bits per heavy atom. The molecule has 2 atom stereocenters. The Labute approximate surface area is 165 Å². The monoisotopic (exact) mass is 397 g/mol. The summed E-state index contributed by atoms with van der Waals surface area (Å²) in [6.45, 7) is 2.25. The molecule has 1 aromatic rings. The first-order valence-corrected chi connectivity index (χ1v) is 9.21. The van der Waals surface area contributed by atoms with Crippen LogP contribution in [0.5, 0.6) is 5.75 Å². The number of amides is 2. The average Bonchev–Trinajstić information content (AvgIpc) is 2.64. The van der Waals surface area contributed by atoms with Crippen LogP contribution in [0.2, 0.25) is 0 Å². The quantitative estimate of drug-likeness (QED) is 0.670. The molecule has 8 heteroatoms. The Morgan fingerprint density at radius 2 is 2.26 bits per heavy atom. The molecular formula is C19H28ClN3O4. The summed E-state index contributed by atoms with van der Waals surface area (Å²) < 4.78 is 5.51. The summed E-state index contributed by atoms with van der Waals surface area (Å²) >= 11 is 0. The maximum Gasteiger partial charge on any atom is 0.230 e. The second kappa shape index (κ2) is 9.39. The molecule has 0 aliphatic carbocycles. The van der Waals surface area contributed by atoms with Crippen LogP contribution in [0, 0.1) is 5.41 Å². The number of carbonyl (C=O) groups is 2. The van der Waals surface area contributed by atoms with Gasteiger partial charge in [-0.1, -0.05) is 12.1 Å². The number of benzene rings is 1. The van der Waals surface area contributed by atoms with E-state index in [1.165, 1.54) is 0 Å². The molecule has 1 spiro atoms. The van der Waals surface area contributed by atoms with Crippen LogP contribution in [0.15, 0.2) is 24.3 Å². The number of rotatable bonds is 5. The number of piperidine rings is 2. The predicted molar refractivity (Wildman–Crippen MR) is 104 cm³/mol. The third-order valence-electron chi connectivity index (χ3n) is 5.31.